The molecule has 0 aliphatic rings. The van der Waals surface area contributed by atoms with Gasteiger partial charge in [0, 0.05) is 0 Å². The van der Waals surface area contributed by atoms with E-state index in [0.717, 1.165) is 0 Å². The van der Waals surface area contributed by atoms with Gasteiger partial charge in [0.15, 0.2) is 25.0 Å². The van der Waals surface area contributed by atoms with Gasteiger partial charge >= 0.3 is 9.05 Å². The van der Waals surface area contributed by atoms with E-state index in [1.165, 1.54) is 5.56 Å². The fourth-order valence-electron chi connectivity index (χ4n) is 2.47. The van der Waals surface area contributed by atoms with Crippen molar-refractivity contribution in [2.24, 2.45) is 0 Å². The highest BCUT2D eigenvalue weighted by molar-refractivity contribution is 6.92. The highest BCUT2D eigenvalue weighted by Crippen LogP contribution is 2.30. The second-order valence-corrected chi connectivity index (χ2v) is 31.1. The maximum absolute atomic E-state index is 6.80. The van der Waals surface area contributed by atoms with Crippen molar-refractivity contribution >= 4 is 48.4 Å². The quantitative estimate of drug-likeness (QED) is 0.367. The fraction of sp³-hybridized carbons (Fsp3) is 0.579. The van der Waals surface area contributed by atoms with Crippen molar-refractivity contribution in [2.75, 3.05) is 0 Å². The van der Waals surface area contributed by atoms with E-state index in [1.807, 2.05) is 18.2 Å². The summed E-state index contributed by atoms with van der Waals surface area (Å²) >= 11 is 0. The summed E-state index contributed by atoms with van der Waals surface area (Å²) in [6.45, 7) is 23.9. The third-order valence-corrected chi connectivity index (χ3v) is 17.6. The molecule has 0 saturated carbocycles. The molecule has 0 aromatic heterocycles. The number of hydrogen-bond donors (Lipinski definition) is 0. The zero-order chi connectivity index (χ0) is 21.9. The molecule has 0 heterocycles. The van der Waals surface area contributed by atoms with E-state index in [-0.39, 0.29) is 0 Å². The molecule has 0 unspecified atom stereocenters. The van der Waals surface area contributed by atoms with Gasteiger partial charge in [-0.1, -0.05) is 42.1 Å². The van der Waals surface area contributed by atoms with Gasteiger partial charge in [-0.2, -0.15) is 0 Å². The summed E-state index contributed by atoms with van der Waals surface area (Å²) in [6.07, 6.45) is 2.14. The molecular weight excluding hydrogens is 433 g/mol. The van der Waals surface area contributed by atoms with Crippen molar-refractivity contribution in [3.05, 3.63) is 41.6 Å². The monoisotopic (exact) mass is 472 g/mol. The van der Waals surface area contributed by atoms with Gasteiger partial charge in [-0.05, 0) is 77.6 Å². The number of rotatable bonds is 10. The fourth-order valence-corrected chi connectivity index (χ4v) is 18.2. The first kappa shape index (κ1) is 25.9. The molecule has 0 radical (unpaired) electrons. The molecule has 0 bridgehead atoms. The average molecular weight is 473 g/mol. The Kier molecular flexibility index (Phi) is 8.66. The van der Waals surface area contributed by atoms with Gasteiger partial charge in [0.2, 0.25) is 8.32 Å². The predicted octanol–water partition coefficient (Wildman–Crippen LogP) is 6.45. The maximum atomic E-state index is 6.80. The van der Waals surface area contributed by atoms with Gasteiger partial charge in [0.25, 0.3) is 0 Å². The van der Waals surface area contributed by atoms with Crippen LogP contribution in [0.4, 0.5) is 0 Å². The number of benzene rings is 1. The molecule has 0 fully saturated rings. The molecule has 1 aromatic carbocycles. The lowest BCUT2D eigenvalue weighted by Gasteiger charge is -2.43. The van der Waals surface area contributed by atoms with Crippen molar-refractivity contribution in [2.45, 2.75) is 72.0 Å². The zero-order valence-corrected chi connectivity index (χ0v) is 24.7. The van der Waals surface area contributed by atoms with Gasteiger partial charge < -0.3 is 16.5 Å². The van der Waals surface area contributed by atoms with Crippen LogP contribution in [0.5, 0.6) is 0 Å². The lowest BCUT2D eigenvalue weighted by Crippen LogP contribution is -2.65. The second-order valence-electron chi connectivity index (χ2n) is 10.6. The zero-order valence-electron chi connectivity index (χ0n) is 19.7. The van der Waals surface area contributed by atoms with Crippen molar-refractivity contribution in [1.82, 2.24) is 0 Å². The van der Waals surface area contributed by atoms with Crippen LogP contribution >= 0.6 is 0 Å². The van der Waals surface area contributed by atoms with E-state index in [0.29, 0.717) is 0 Å². The maximum Gasteiger partial charge on any atom is 0.637 e. The lowest BCUT2D eigenvalue weighted by molar-refractivity contribution is 0.150. The van der Waals surface area contributed by atoms with Crippen LogP contribution in [0.15, 0.2) is 36.0 Å². The molecule has 28 heavy (non-hydrogen) atoms. The van der Waals surface area contributed by atoms with E-state index in [4.69, 9.17) is 16.5 Å². The van der Waals surface area contributed by atoms with Gasteiger partial charge in [0.05, 0.1) is 0 Å². The molecule has 0 aliphatic carbocycles. The number of hydrogen-bond acceptors (Lipinski definition) is 4. The second kappa shape index (κ2) is 9.35. The minimum Gasteiger partial charge on any atom is -0.396 e. The smallest absolute Gasteiger partial charge is 0.396 e. The van der Waals surface area contributed by atoms with E-state index >= 15 is 0 Å². The molecule has 9 heteroatoms. The normalized spacial score (nSPS) is 14.7. The Morgan fingerprint density at radius 1 is 0.571 bits per heavy atom. The SMILES string of the molecule is C[Si](C)(C)O[Si](O[Si](C)(C)C)(O[Si](C)(C)C)O[Si](C)(C)C=Cc1ccccc1. The highest BCUT2D eigenvalue weighted by Gasteiger charge is 2.55. The summed E-state index contributed by atoms with van der Waals surface area (Å²) in [5.74, 6) is 0. The van der Waals surface area contributed by atoms with Crippen LogP contribution in [0.25, 0.3) is 6.08 Å². The first-order valence-electron chi connectivity index (χ1n) is 9.95. The summed E-state index contributed by atoms with van der Waals surface area (Å²) in [5, 5.41) is 0. The van der Waals surface area contributed by atoms with Crippen molar-refractivity contribution < 1.29 is 16.5 Å². The first-order valence-corrected chi connectivity index (χ1v) is 24.8. The minimum atomic E-state index is -3.28. The Bertz CT molecular complexity index is 602. The van der Waals surface area contributed by atoms with Crippen LogP contribution in [0, 0.1) is 0 Å². The van der Waals surface area contributed by atoms with Gasteiger partial charge in [-0.15, -0.1) is 0 Å². The standard InChI is InChI=1S/C19H40O4Si5/c1-24(2,3)20-28(21-25(4,5)6,22-26(7,8)9)23-27(10,11)18-17-19-15-13-12-14-16-19/h12-18H,1-11H3. The van der Waals surface area contributed by atoms with E-state index in [2.05, 4.69) is 95.9 Å². The summed E-state index contributed by atoms with van der Waals surface area (Å²) in [7, 11) is -11.4. The molecule has 0 saturated heterocycles. The first-order chi connectivity index (χ1) is 12.4. The summed E-state index contributed by atoms with van der Waals surface area (Å²) in [6, 6.07) is 10.3. The van der Waals surface area contributed by atoms with Crippen molar-refractivity contribution in [1.29, 1.82) is 0 Å². The predicted molar refractivity (Wildman–Crippen MR) is 133 cm³/mol. The Balaban J connectivity index is 3.28. The van der Waals surface area contributed by atoms with Gasteiger partial charge in [0.1, 0.15) is 0 Å². The molecule has 0 amide bonds. The molecule has 1 rings (SSSR count). The molecule has 4 nitrogen and oxygen atoms in total. The third kappa shape index (κ3) is 11.2. The van der Waals surface area contributed by atoms with Crippen LogP contribution in [0.2, 0.25) is 72.0 Å². The molecule has 1 aromatic rings. The molecule has 0 N–H and O–H groups in total. The average Bonchev–Trinajstić information content (AvgIpc) is 2.39. The van der Waals surface area contributed by atoms with E-state index in [1.54, 1.807) is 0 Å². The van der Waals surface area contributed by atoms with Crippen molar-refractivity contribution in [3.8, 4) is 0 Å². The molecule has 0 atom stereocenters. The van der Waals surface area contributed by atoms with Gasteiger partial charge in [-0.3, -0.25) is 0 Å². The molecule has 0 spiro atoms. The van der Waals surface area contributed by atoms with Crippen molar-refractivity contribution in [3.63, 3.8) is 0 Å². The minimum absolute atomic E-state index is 1.17. The molecule has 0 aliphatic heterocycles. The Labute approximate surface area is 178 Å². The summed E-state index contributed by atoms with van der Waals surface area (Å²) in [4.78, 5) is 0. The summed E-state index contributed by atoms with van der Waals surface area (Å²) in [5.41, 5.74) is 3.38. The largest absolute Gasteiger partial charge is 0.637 e. The summed E-state index contributed by atoms with van der Waals surface area (Å²) < 4.78 is 26.7. The van der Waals surface area contributed by atoms with Gasteiger partial charge in [-0.25, -0.2) is 0 Å². The van der Waals surface area contributed by atoms with Crippen LogP contribution in [0.1, 0.15) is 5.56 Å². The topological polar surface area (TPSA) is 36.9 Å². The lowest BCUT2D eigenvalue weighted by atomic mass is 10.2. The highest BCUT2D eigenvalue weighted by atomic mass is 28.5. The van der Waals surface area contributed by atoms with Crippen LogP contribution < -0.4 is 0 Å². The Hall–Kier alpha value is -0.116. The van der Waals surface area contributed by atoms with Crippen LogP contribution in [-0.4, -0.2) is 42.3 Å². The Morgan fingerprint density at radius 2 is 0.964 bits per heavy atom. The molecular formula is C19H40O4Si5. The Morgan fingerprint density at radius 3 is 1.32 bits per heavy atom. The van der Waals surface area contributed by atoms with Crippen LogP contribution in [-0.2, 0) is 16.5 Å². The van der Waals surface area contributed by atoms with E-state index in [9.17, 15) is 0 Å². The van der Waals surface area contributed by atoms with E-state index < -0.39 is 42.3 Å². The third-order valence-electron chi connectivity index (χ3n) is 3.16. The molecule has 160 valence electrons. The van der Waals surface area contributed by atoms with Crippen LogP contribution in [0.3, 0.4) is 0 Å².